The Bertz CT molecular complexity index is 818. The van der Waals surface area contributed by atoms with Crippen molar-refractivity contribution in [2.75, 3.05) is 0 Å². The van der Waals surface area contributed by atoms with Gasteiger partial charge < -0.3 is 4.98 Å². The number of H-pyrrole nitrogens is 1. The van der Waals surface area contributed by atoms with Crippen LogP contribution in [-0.2, 0) is 0 Å². The number of aromatic amines is 1. The van der Waals surface area contributed by atoms with Crippen LogP contribution in [0.2, 0.25) is 0 Å². The lowest BCUT2D eigenvalue weighted by Gasteiger charge is -2.07. The monoisotopic (exact) mass is 250 g/mol. The van der Waals surface area contributed by atoms with E-state index in [0.717, 1.165) is 22.4 Å². The van der Waals surface area contributed by atoms with Gasteiger partial charge in [0.15, 0.2) is 5.43 Å². The Morgan fingerprint density at radius 1 is 1.05 bits per heavy atom. The zero-order valence-electron chi connectivity index (χ0n) is 10.9. The summed E-state index contributed by atoms with van der Waals surface area (Å²) in [5.41, 5.74) is 4.58. The molecule has 3 heteroatoms. The predicted octanol–water partition coefficient (Wildman–Crippen LogP) is 3.21. The van der Waals surface area contributed by atoms with Crippen molar-refractivity contribution < 1.29 is 0 Å². The minimum absolute atomic E-state index is 0.0117. The third-order valence-corrected chi connectivity index (χ3v) is 3.37. The van der Waals surface area contributed by atoms with E-state index in [-0.39, 0.29) is 5.43 Å². The van der Waals surface area contributed by atoms with Crippen molar-refractivity contribution in [3.8, 4) is 11.3 Å². The number of hydrogen-bond donors (Lipinski definition) is 1. The molecule has 0 aliphatic carbocycles. The van der Waals surface area contributed by atoms with Gasteiger partial charge in [0, 0.05) is 17.8 Å². The molecule has 3 aromatic rings. The highest BCUT2D eigenvalue weighted by molar-refractivity contribution is 5.81. The standard InChI is InChI=1S/C16H14N2O/c1-10-5-3-4-6-12(10)13-9-14(19)15-11(2)7-8-17-16(15)18-13/h3-9H,1-2H3,(H,17,18,19). The van der Waals surface area contributed by atoms with E-state index in [2.05, 4.69) is 9.97 Å². The number of nitrogens with one attached hydrogen (secondary N) is 1. The van der Waals surface area contributed by atoms with Crippen molar-refractivity contribution in [1.82, 2.24) is 9.97 Å². The zero-order chi connectivity index (χ0) is 13.4. The third-order valence-electron chi connectivity index (χ3n) is 3.37. The second-order valence-electron chi connectivity index (χ2n) is 4.71. The summed E-state index contributed by atoms with van der Waals surface area (Å²) in [6, 6.07) is 11.5. The molecule has 0 unspecified atom stereocenters. The minimum atomic E-state index is 0.0117. The van der Waals surface area contributed by atoms with Gasteiger partial charge in [-0.15, -0.1) is 0 Å². The van der Waals surface area contributed by atoms with Crippen LogP contribution in [0.25, 0.3) is 22.3 Å². The molecule has 0 radical (unpaired) electrons. The molecule has 0 spiro atoms. The van der Waals surface area contributed by atoms with Gasteiger partial charge in [-0.05, 0) is 31.0 Å². The Kier molecular flexibility index (Phi) is 2.67. The lowest BCUT2D eigenvalue weighted by Crippen LogP contribution is -2.06. The Balaban J connectivity index is 2.34. The first-order valence-electron chi connectivity index (χ1n) is 6.21. The molecule has 0 aliphatic rings. The molecule has 19 heavy (non-hydrogen) atoms. The highest BCUT2D eigenvalue weighted by Gasteiger charge is 2.08. The highest BCUT2D eigenvalue weighted by Crippen LogP contribution is 2.21. The SMILES string of the molecule is Cc1ccccc1-c1cc(=O)c2c(C)ccnc2[nH]1. The van der Waals surface area contributed by atoms with Crippen LogP contribution in [0.1, 0.15) is 11.1 Å². The second kappa shape index (κ2) is 4.35. The largest absolute Gasteiger partial charge is 0.339 e. The maximum Gasteiger partial charge on any atom is 0.191 e. The summed E-state index contributed by atoms with van der Waals surface area (Å²) in [7, 11) is 0. The van der Waals surface area contributed by atoms with E-state index in [0.29, 0.717) is 11.0 Å². The second-order valence-corrected chi connectivity index (χ2v) is 4.71. The van der Waals surface area contributed by atoms with E-state index < -0.39 is 0 Å². The van der Waals surface area contributed by atoms with Gasteiger partial charge >= 0.3 is 0 Å². The molecule has 2 aromatic heterocycles. The molecule has 0 fully saturated rings. The van der Waals surface area contributed by atoms with Crippen LogP contribution in [0.15, 0.2) is 47.4 Å². The van der Waals surface area contributed by atoms with Crippen molar-refractivity contribution in [2.24, 2.45) is 0 Å². The predicted molar refractivity (Wildman–Crippen MR) is 77.3 cm³/mol. The van der Waals surface area contributed by atoms with Crippen LogP contribution < -0.4 is 5.43 Å². The van der Waals surface area contributed by atoms with Gasteiger partial charge in [-0.25, -0.2) is 4.98 Å². The van der Waals surface area contributed by atoms with Crippen molar-refractivity contribution in [3.05, 3.63) is 63.9 Å². The lowest BCUT2D eigenvalue weighted by atomic mass is 10.0. The fourth-order valence-corrected chi connectivity index (χ4v) is 2.35. The molecular formula is C16H14N2O. The summed E-state index contributed by atoms with van der Waals surface area (Å²) in [5, 5.41) is 0.667. The number of nitrogens with zero attached hydrogens (tertiary/aromatic N) is 1. The van der Waals surface area contributed by atoms with Crippen LogP contribution >= 0.6 is 0 Å². The molecule has 0 aliphatic heterocycles. The first-order chi connectivity index (χ1) is 9.16. The number of benzene rings is 1. The van der Waals surface area contributed by atoms with E-state index in [4.69, 9.17) is 0 Å². The van der Waals surface area contributed by atoms with Crippen LogP contribution in [0.5, 0.6) is 0 Å². The average molecular weight is 250 g/mol. The van der Waals surface area contributed by atoms with Gasteiger partial charge in [-0.2, -0.15) is 0 Å². The van der Waals surface area contributed by atoms with Crippen LogP contribution in [0.4, 0.5) is 0 Å². The maximum absolute atomic E-state index is 12.2. The Labute approximate surface area is 111 Å². The van der Waals surface area contributed by atoms with Gasteiger partial charge in [0.25, 0.3) is 0 Å². The number of aromatic nitrogens is 2. The van der Waals surface area contributed by atoms with E-state index in [1.807, 2.05) is 44.2 Å². The highest BCUT2D eigenvalue weighted by atomic mass is 16.1. The quantitative estimate of drug-likeness (QED) is 0.720. The molecule has 3 rings (SSSR count). The van der Waals surface area contributed by atoms with Crippen molar-refractivity contribution in [3.63, 3.8) is 0 Å². The van der Waals surface area contributed by atoms with Gasteiger partial charge in [-0.3, -0.25) is 4.79 Å². The van der Waals surface area contributed by atoms with Crippen LogP contribution in [0, 0.1) is 13.8 Å². The number of aryl methyl sites for hydroxylation is 2. The average Bonchev–Trinajstić information content (AvgIpc) is 2.39. The minimum Gasteiger partial charge on any atom is -0.339 e. The lowest BCUT2D eigenvalue weighted by molar-refractivity contribution is 1.25. The smallest absolute Gasteiger partial charge is 0.191 e. The maximum atomic E-state index is 12.2. The molecular weight excluding hydrogens is 236 g/mol. The Hall–Kier alpha value is -2.42. The molecule has 0 saturated carbocycles. The summed E-state index contributed by atoms with van der Waals surface area (Å²) in [5.74, 6) is 0. The van der Waals surface area contributed by atoms with E-state index >= 15 is 0 Å². The van der Waals surface area contributed by atoms with Crippen LogP contribution in [-0.4, -0.2) is 9.97 Å². The topological polar surface area (TPSA) is 45.8 Å². The zero-order valence-corrected chi connectivity index (χ0v) is 10.9. The third kappa shape index (κ3) is 1.93. The molecule has 1 aromatic carbocycles. The van der Waals surface area contributed by atoms with E-state index in [9.17, 15) is 4.79 Å². The molecule has 0 atom stereocenters. The van der Waals surface area contributed by atoms with Crippen molar-refractivity contribution in [2.45, 2.75) is 13.8 Å². The molecule has 0 bridgehead atoms. The van der Waals surface area contributed by atoms with Crippen molar-refractivity contribution >= 4 is 11.0 Å². The summed E-state index contributed by atoms with van der Waals surface area (Å²) in [4.78, 5) is 19.8. The first kappa shape index (κ1) is 11.7. The summed E-state index contributed by atoms with van der Waals surface area (Å²) in [6.45, 7) is 3.95. The first-order valence-corrected chi connectivity index (χ1v) is 6.21. The summed E-state index contributed by atoms with van der Waals surface area (Å²) in [6.07, 6.45) is 1.72. The fourth-order valence-electron chi connectivity index (χ4n) is 2.35. The van der Waals surface area contributed by atoms with Gasteiger partial charge in [0.1, 0.15) is 5.65 Å². The molecule has 2 heterocycles. The summed E-state index contributed by atoms with van der Waals surface area (Å²) < 4.78 is 0. The van der Waals surface area contributed by atoms with Crippen molar-refractivity contribution in [1.29, 1.82) is 0 Å². The number of fused-ring (bicyclic) bond motifs is 1. The van der Waals surface area contributed by atoms with Gasteiger partial charge in [-0.1, -0.05) is 24.3 Å². The van der Waals surface area contributed by atoms with Gasteiger partial charge in [0.05, 0.1) is 11.1 Å². The number of hydrogen-bond acceptors (Lipinski definition) is 2. The van der Waals surface area contributed by atoms with E-state index in [1.54, 1.807) is 12.3 Å². The van der Waals surface area contributed by atoms with Gasteiger partial charge in [0.2, 0.25) is 0 Å². The number of rotatable bonds is 1. The normalized spacial score (nSPS) is 10.8. The Morgan fingerprint density at radius 2 is 1.84 bits per heavy atom. The Morgan fingerprint density at radius 3 is 2.63 bits per heavy atom. The molecule has 3 nitrogen and oxygen atoms in total. The molecule has 1 N–H and O–H groups in total. The fraction of sp³-hybridized carbons (Fsp3) is 0.125. The molecule has 94 valence electrons. The van der Waals surface area contributed by atoms with Crippen LogP contribution in [0.3, 0.4) is 0 Å². The molecule has 0 saturated heterocycles. The summed E-state index contributed by atoms with van der Waals surface area (Å²) >= 11 is 0. The number of pyridine rings is 2. The van der Waals surface area contributed by atoms with E-state index in [1.165, 1.54) is 0 Å². The molecule has 0 amide bonds.